The highest BCUT2D eigenvalue weighted by molar-refractivity contribution is 7.92. The number of nitrogens with one attached hydrogen (secondary N) is 1. The molecule has 240 valence electrons. The molecule has 8 nitrogen and oxygen atoms in total. The Hall–Kier alpha value is -4.34. The van der Waals surface area contributed by atoms with Gasteiger partial charge in [-0.1, -0.05) is 91.2 Å². The first-order valence-electron chi connectivity index (χ1n) is 15.3. The van der Waals surface area contributed by atoms with E-state index < -0.39 is 28.5 Å². The topological polar surface area (TPSA) is 96.0 Å². The standard InChI is InChI=1S/C36H38ClN3O5S/c1-45-32-16-10-15-31(24-32)40(46(43,44)33-17-6-3-7-18-33)26-35(41)39(25-28-19-21-29(37)22-20-28)34(23-27-11-4-2-5-12-27)36(42)38-30-13-8-9-14-30/h2-7,10-12,15-22,24,30,34H,8-9,13-14,23,25-26H2,1H3,(H,38,42)/t34-/m1/s1. The Kier molecular flexibility index (Phi) is 11.0. The molecular weight excluding hydrogens is 622 g/mol. The van der Waals surface area contributed by atoms with Gasteiger partial charge in [-0.3, -0.25) is 13.9 Å². The Morgan fingerprint density at radius 1 is 0.870 bits per heavy atom. The summed E-state index contributed by atoms with van der Waals surface area (Å²) < 4.78 is 34.7. The van der Waals surface area contributed by atoms with E-state index in [0.29, 0.717) is 10.8 Å². The fourth-order valence-electron chi connectivity index (χ4n) is 5.72. The third-order valence-electron chi connectivity index (χ3n) is 8.19. The fraction of sp³-hybridized carbons (Fsp3) is 0.278. The summed E-state index contributed by atoms with van der Waals surface area (Å²) in [4.78, 5) is 30.2. The van der Waals surface area contributed by atoms with Gasteiger partial charge in [-0.15, -0.1) is 0 Å². The molecule has 0 unspecified atom stereocenters. The number of sulfonamides is 1. The number of halogens is 1. The van der Waals surface area contributed by atoms with Gasteiger partial charge in [-0.05, 0) is 60.4 Å². The highest BCUT2D eigenvalue weighted by Crippen LogP contribution is 2.28. The molecule has 1 aliphatic carbocycles. The second-order valence-corrected chi connectivity index (χ2v) is 13.7. The van der Waals surface area contributed by atoms with E-state index in [4.69, 9.17) is 16.3 Å². The van der Waals surface area contributed by atoms with Crippen LogP contribution in [0.2, 0.25) is 5.02 Å². The number of rotatable bonds is 13. The van der Waals surface area contributed by atoms with E-state index in [1.165, 1.54) is 24.1 Å². The van der Waals surface area contributed by atoms with Crippen LogP contribution in [0.5, 0.6) is 5.75 Å². The summed E-state index contributed by atoms with van der Waals surface area (Å²) in [7, 11) is -2.71. The van der Waals surface area contributed by atoms with Crippen molar-refractivity contribution in [3.05, 3.63) is 125 Å². The lowest BCUT2D eigenvalue weighted by Crippen LogP contribution is -2.54. The molecule has 0 aliphatic heterocycles. The first-order chi connectivity index (χ1) is 22.2. The molecule has 1 saturated carbocycles. The molecular formula is C36H38ClN3O5S. The third-order valence-corrected chi connectivity index (χ3v) is 10.2. The number of benzene rings is 4. The number of carbonyl (C=O) groups is 2. The number of ether oxygens (including phenoxy) is 1. The summed E-state index contributed by atoms with van der Waals surface area (Å²) in [5.41, 5.74) is 1.89. The van der Waals surface area contributed by atoms with E-state index in [9.17, 15) is 18.0 Å². The number of nitrogens with zero attached hydrogens (tertiary/aromatic N) is 2. The Balaban J connectivity index is 1.56. The zero-order valence-electron chi connectivity index (χ0n) is 25.7. The zero-order chi connectivity index (χ0) is 32.5. The lowest BCUT2D eigenvalue weighted by Gasteiger charge is -2.34. The van der Waals surface area contributed by atoms with Crippen molar-refractivity contribution < 1.29 is 22.7 Å². The maximum absolute atomic E-state index is 14.6. The van der Waals surface area contributed by atoms with Crippen LogP contribution in [0.1, 0.15) is 36.8 Å². The molecule has 1 aliphatic rings. The molecule has 0 aromatic heterocycles. The second kappa shape index (κ2) is 15.3. The molecule has 4 aromatic rings. The van der Waals surface area contributed by atoms with Crippen LogP contribution in [0, 0.1) is 0 Å². The van der Waals surface area contributed by atoms with Crippen molar-refractivity contribution in [3.63, 3.8) is 0 Å². The number of amides is 2. The van der Waals surface area contributed by atoms with Crippen molar-refractivity contribution in [1.82, 2.24) is 10.2 Å². The molecule has 1 N–H and O–H groups in total. The lowest BCUT2D eigenvalue weighted by atomic mass is 10.0. The third kappa shape index (κ3) is 8.27. The molecule has 0 radical (unpaired) electrons. The van der Waals surface area contributed by atoms with Gasteiger partial charge in [0.2, 0.25) is 11.8 Å². The Labute approximate surface area is 276 Å². The molecule has 4 aromatic carbocycles. The van der Waals surface area contributed by atoms with Gasteiger partial charge in [0.1, 0.15) is 18.3 Å². The Morgan fingerprint density at radius 3 is 2.17 bits per heavy atom. The predicted octanol–water partition coefficient (Wildman–Crippen LogP) is 6.24. The van der Waals surface area contributed by atoms with Crippen molar-refractivity contribution in [2.75, 3.05) is 18.0 Å². The smallest absolute Gasteiger partial charge is 0.264 e. The summed E-state index contributed by atoms with van der Waals surface area (Å²) in [6.07, 6.45) is 4.09. The van der Waals surface area contributed by atoms with Crippen LogP contribution < -0.4 is 14.4 Å². The molecule has 0 saturated heterocycles. The molecule has 2 amide bonds. The lowest BCUT2D eigenvalue weighted by molar-refractivity contribution is -0.140. The number of anilines is 1. The largest absolute Gasteiger partial charge is 0.497 e. The molecule has 0 spiro atoms. The van der Waals surface area contributed by atoms with E-state index in [-0.39, 0.29) is 35.5 Å². The molecule has 1 fully saturated rings. The molecule has 0 heterocycles. The summed E-state index contributed by atoms with van der Waals surface area (Å²) >= 11 is 6.17. The van der Waals surface area contributed by atoms with E-state index in [2.05, 4.69) is 5.32 Å². The highest BCUT2D eigenvalue weighted by Gasteiger charge is 2.35. The van der Waals surface area contributed by atoms with Gasteiger partial charge in [0.15, 0.2) is 0 Å². The summed E-state index contributed by atoms with van der Waals surface area (Å²) in [5, 5.41) is 3.72. The van der Waals surface area contributed by atoms with Gasteiger partial charge in [-0.2, -0.15) is 0 Å². The van der Waals surface area contributed by atoms with Crippen molar-refractivity contribution >= 4 is 39.1 Å². The second-order valence-electron chi connectivity index (χ2n) is 11.4. The summed E-state index contributed by atoms with van der Waals surface area (Å²) in [6.45, 7) is -0.469. The van der Waals surface area contributed by atoms with E-state index in [1.807, 2.05) is 30.3 Å². The normalized spacial score (nSPS) is 14.0. The van der Waals surface area contributed by atoms with Crippen LogP contribution in [0.4, 0.5) is 5.69 Å². The Bertz CT molecular complexity index is 1710. The van der Waals surface area contributed by atoms with E-state index in [0.717, 1.165) is 41.1 Å². The SMILES string of the molecule is COc1cccc(N(CC(=O)N(Cc2ccc(Cl)cc2)[C@H](Cc2ccccc2)C(=O)NC2CCCC2)S(=O)(=O)c2ccccc2)c1. The molecule has 10 heteroatoms. The first-order valence-corrected chi connectivity index (χ1v) is 17.2. The fourth-order valence-corrected chi connectivity index (χ4v) is 7.28. The zero-order valence-corrected chi connectivity index (χ0v) is 27.3. The van der Waals surface area contributed by atoms with Crippen molar-refractivity contribution in [1.29, 1.82) is 0 Å². The van der Waals surface area contributed by atoms with Crippen LogP contribution in [0.15, 0.2) is 114 Å². The molecule has 46 heavy (non-hydrogen) atoms. The van der Waals surface area contributed by atoms with Crippen LogP contribution in [0.3, 0.4) is 0 Å². The highest BCUT2D eigenvalue weighted by atomic mass is 35.5. The van der Waals surface area contributed by atoms with Gasteiger partial charge < -0.3 is 15.0 Å². The number of hydrogen-bond donors (Lipinski definition) is 1. The first kappa shape index (κ1) is 33.0. The summed E-state index contributed by atoms with van der Waals surface area (Å²) in [6, 6.07) is 30.3. The molecule has 5 rings (SSSR count). The van der Waals surface area contributed by atoms with Crippen LogP contribution in [0.25, 0.3) is 0 Å². The number of methoxy groups -OCH3 is 1. The number of carbonyl (C=O) groups excluding carboxylic acids is 2. The maximum Gasteiger partial charge on any atom is 0.264 e. The minimum atomic E-state index is -4.20. The Morgan fingerprint density at radius 2 is 1.52 bits per heavy atom. The van der Waals surface area contributed by atoms with Gasteiger partial charge in [-0.25, -0.2) is 8.42 Å². The quantitative estimate of drug-likeness (QED) is 0.183. The van der Waals surface area contributed by atoms with Gasteiger partial charge in [0.25, 0.3) is 10.0 Å². The van der Waals surface area contributed by atoms with Crippen molar-refractivity contribution in [3.8, 4) is 5.75 Å². The average Bonchev–Trinajstić information content (AvgIpc) is 3.59. The van der Waals surface area contributed by atoms with Gasteiger partial charge in [0.05, 0.1) is 17.7 Å². The minimum absolute atomic E-state index is 0.0324. The van der Waals surface area contributed by atoms with Crippen LogP contribution in [-0.4, -0.2) is 50.9 Å². The number of hydrogen-bond acceptors (Lipinski definition) is 5. The predicted molar refractivity (Wildman–Crippen MR) is 180 cm³/mol. The van der Waals surface area contributed by atoms with Gasteiger partial charge >= 0.3 is 0 Å². The van der Waals surface area contributed by atoms with Crippen LogP contribution in [-0.2, 0) is 32.6 Å². The average molecular weight is 660 g/mol. The van der Waals surface area contributed by atoms with Crippen molar-refractivity contribution in [2.24, 2.45) is 0 Å². The molecule has 0 bridgehead atoms. The molecule has 1 atom stereocenters. The maximum atomic E-state index is 14.6. The van der Waals surface area contributed by atoms with Crippen LogP contribution >= 0.6 is 11.6 Å². The van der Waals surface area contributed by atoms with Gasteiger partial charge in [0, 0.05) is 30.1 Å². The summed E-state index contributed by atoms with van der Waals surface area (Å²) in [5.74, 6) is -0.356. The van der Waals surface area contributed by atoms with Crippen molar-refractivity contribution in [2.45, 2.75) is 55.6 Å². The monoisotopic (exact) mass is 659 g/mol. The van der Waals surface area contributed by atoms with E-state index in [1.54, 1.807) is 66.7 Å². The van der Waals surface area contributed by atoms with E-state index >= 15 is 0 Å². The minimum Gasteiger partial charge on any atom is -0.497 e.